The number of carbonyl (C=O) groups excluding carboxylic acids is 2. The number of rotatable bonds is 7. The summed E-state index contributed by atoms with van der Waals surface area (Å²) in [5.74, 6) is 1.57. The molecule has 0 saturated carbocycles. The number of urea groups is 1. The van der Waals surface area contributed by atoms with E-state index in [-0.39, 0.29) is 12.0 Å². The number of amides is 3. The van der Waals surface area contributed by atoms with Crippen molar-refractivity contribution in [1.29, 1.82) is 0 Å². The van der Waals surface area contributed by atoms with Gasteiger partial charge >= 0.3 is 12.1 Å². The minimum absolute atomic E-state index is 0.204. The van der Waals surface area contributed by atoms with Gasteiger partial charge < -0.3 is 14.8 Å². The van der Waals surface area contributed by atoms with Crippen molar-refractivity contribution in [1.82, 2.24) is 14.8 Å². The number of hydrogen-bond donors (Lipinski definition) is 3. The maximum atomic E-state index is 13.3. The number of carbonyl (C=O) groups is 2. The number of pyridine rings is 1. The highest BCUT2D eigenvalue weighted by Crippen LogP contribution is 2.33. The van der Waals surface area contributed by atoms with Gasteiger partial charge in [0.2, 0.25) is 0 Å². The van der Waals surface area contributed by atoms with E-state index in [1.54, 1.807) is 23.0 Å². The number of fused-ring (bicyclic) bond motifs is 1. The predicted molar refractivity (Wildman–Crippen MR) is 168 cm³/mol. The third kappa shape index (κ3) is 6.92. The summed E-state index contributed by atoms with van der Waals surface area (Å²) in [7, 11) is 1.29. The summed E-state index contributed by atoms with van der Waals surface area (Å²) < 4.78 is 12.5. The van der Waals surface area contributed by atoms with E-state index in [9.17, 15) is 9.59 Å². The largest absolute Gasteiger partial charge is 0.488 e. The van der Waals surface area contributed by atoms with E-state index in [4.69, 9.17) is 9.84 Å². The van der Waals surface area contributed by atoms with Crippen molar-refractivity contribution in [2.24, 2.45) is 0 Å². The number of methoxy groups -OCH3 is 1. The van der Waals surface area contributed by atoms with Crippen LogP contribution in [0.3, 0.4) is 0 Å². The molecule has 0 fully saturated rings. The molecule has 2 aromatic heterocycles. The number of nitrogens with one attached hydrogen (secondary N) is 3. The van der Waals surface area contributed by atoms with E-state index in [0.29, 0.717) is 23.1 Å². The highest BCUT2D eigenvalue weighted by Gasteiger charge is 2.22. The zero-order valence-corrected chi connectivity index (χ0v) is 24.8. The Morgan fingerprint density at radius 3 is 2.35 bits per heavy atom. The molecule has 2 heterocycles. The number of nitrogens with zero attached hydrogens (tertiary/aromatic N) is 3. The van der Waals surface area contributed by atoms with Crippen LogP contribution in [0.2, 0.25) is 0 Å². The molecule has 3 aromatic carbocycles. The molecule has 5 aromatic rings. The maximum Gasteiger partial charge on any atom is 0.412 e. The standard InChI is InChI=1S/C33H34N6O4/c1-21-10-12-23(13-11-21)39-30(19-28(38-39)33(2,3)4)37-31(40)35-26-14-15-27(25-9-7-6-8-24(25)26)43-20-22-16-17-34-29(18-22)36-32(41)42-5/h6-19H,20H2,1-5H3,(H,34,36,41)(H2,35,37,40). The molecule has 3 N–H and O–H groups in total. The zero-order chi connectivity index (χ0) is 30.6. The van der Waals surface area contributed by atoms with Crippen LogP contribution in [0.4, 0.5) is 26.9 Å². The van der Waals surface area contributed by atoms with E-state index in [0.717, 1.165) is 33.3 Å². The fourth-order valence-electron chi connectivity index (χ4n) is 4.44. The van der Waals surface area contributed by atoms with Gasteiger partial charge in [0, 0.05) is 28.5 Å². The molecule has 0 aliphatic rings. The van der Waals surface area contributed by atoms with Gasteiger partial charge in [-0.1, -0.05) is 62.7 Å². The van der Waals surface area contributed by atoms with Crippen LogP contribution >= 0.6 is 0 Å². The molecule has 220 valence electrons. The molecule has 0 aliphatic carbocycles. The molecule has 0 unspecified atom stereocenters. The van der Waals surface area contributed by atoms with Crippen molar-refractivity contribution < 1.29 is 19.1 Å². The fraction of sp³-hybridized carbons (Fsp3) is 0.212. The van der Waals surface area contributed by atoms with Crippen molar-refractivity contribution in [2.45, 2.75) is 39.7 Å². The molecule has 10 nitrogen and oxygen atoms in total. The molecule has 5 rings (SSSR count). The number of hydrogen-bond acceptors (Lipinski definition) is 6. The summed E-state index contributed by atoms with van der Waals surface area (Å²) in [6.45, 7) is 8.53. The highest BCUT2D eigenvalue weighted by atomic mass is 16.5. The Morgan fingerprint density at radius 1 is 0.884 bits per heavy atom. The predicted octanol–water partition coefficient (Wildman–Crippen LogP) is 7.43. The maximum absolute atomic E-state index is 13.3. The molecule has 43 heavy (non-hydrogen) atoms. The quantitative estimate of drug-likeness (QED) is 0.185. The van der Waals surface area contributed by atoms with Gasteiger partial charge in [0.05, 0.1) is 24.2 Å². The van der Waals surface area contributed by atoms with Gasteiger partial charge in [0.1, 0.15) is 24.0 Å². The summed E-state index contributed by atoms with van der Waals surface area (Å²) in [6, 6.07) is 24.3. The Bertz CT molecular complexity index is 1770. The van der Waals surface area contributed by atoms with E-state index in [1.165, 1.54) is 7.11 Å². The lowest BCUT2D eigenvalue weighted by molar-refractivity contribution is 0.187. The van der Waals surface area contributed by atoms with Crippen molar-refractivity contribution in [3.8, 4) is 11.4 Å². The fourth-order valence-corrected chi connectivity index (χ4v) is 4.44. The smallest absolute Gasteiger partial charge is 0.412 e. The van der Waals surface area contributed by atoms with Crippen molar-refractivity contribution in [2.75, 3.05) is 23.1 Å². The number of anilines is 3. The second-order valence-corrected chi connectivity index (χ2v) is 11.1. The molecular weight excluding hydrogens is 544 g/mol. The molecule has 10 heteroatoms. The second kappa shape index (κ2) is 12.2. The van der Waals surface area contributed by atoms with E-state index < -0.39 is 12.1 Å². The number of ether oxygens (including phenoxy) is 2. The normalized spacial score (nSPS) is 11.2. The molecule has 3 amide bonds. The lowest BCUT2D eigenvalue weighted by Crippen LogP contribution is -2.21. The molecular formula is C33H34N6O4. The van der Waals surface area contributed by atoms with Crippen LogP contribution in [0.25, 0.3) is 16.5 Å². The van der Waals surface area contributed by atoms with Crippen LogP contribution in [-0.4, -0.2) is 34.0 Å². The van der Waals surface area contributed by atoms with Crippen molar-refractivity contribution in [3.63, 3.8) is 0 Å². The molecule has 0 atom stereocenters. The van der Waals surface area contributed by atoms with Crippen LogP contribution < -0.4 is 20.7 Å². The van der Waals surface area contributed by atoms with Gasteiger partial charge in [-0.2, -0.15) is 5.10 Å². The Hall–Kier alpha value is -5.38. The highest BCUT2D eigenvalue weighted by molar-refractivity contribution is 6.07. The molecule has 0 saturated heterocycles. The first kappa shape index (κ1) is 29.1. The molecule has 0 aliphatic heterocycles. The minimum Gasteiger partial charge on any atom is -0.488 e. The average molecular weight is 579 g/mol. The Labute approximate surface area is 250 Å². The van der Waals surface area contributed by atoms with E-state index in [2.05, 4.69) is 46.4 Å². The van der Waals surface area contributed by atoms with E-state index in [1.807, 2.05) is 73.7 Å². The van der Waals surface area contributed by atoms with Gasteiger partial charge in [0.15, 0.2) is 0 Å². The van der Waals surface area contributed by atoms with Crippen LogP contribution in [-0.2, 0) is 16.8 Å². The van der Waals surface area contributed by atoms with Crippen molar-refractivity contribution >= 4 is 40.2 Å². The summed E-state index contributed by atoms with van der Waals surface area (Å²) in [5.41, 5.74) is 4.09. The molecule has 0 radical (unpaired) electrons. The lowest BCUT2D eigenvalue weighted by atomic mass is 9.92. The minimum atomic E-state index is -0.599. The monoisotopic (exact) mass is 578 g/mol. The summed E-state index contributed by atoms with van der Waals surface area (Å²) in [5, 5.41) is 15.0. The average Bonchev–Trinajstić information content (AvgIpc) is 3.41. The van der Waals surface area contributed by atoms with Crippen LogP contribution in [0.15, 0.2) is 85.1 Å². The van der Waals surface area contributed by atoms with Crippen LogP contribution in [0, 0.1) is 6.92 Å². The third-order valence-electron chi connectivity index (χ3n) is 6.76. The second-order valence-electron chi connectivity index (χ2n) is 11.1. The first-order valence-electron chi connectivity index (χ1n) is 13.8. The van der Waals surface area contributed by atoms with Gasteiger partial charge in [0.25, 0.3) is 0 Å². The van der Waals surface area contributed by atoms with Crippen LogP contribution in [0.1, 0.15) is 37.6 Å². The van der Waals surface area contributed by atoms with Gasteiger partial charge in [-0.3, -0.25) is 10.6 Å². The topological polar surface area (TPSA) is 119 Å². The number of benzene rings is 3. The number of aryl methyl sites for hydroxylation is 1. The van der Waals surface area contributed by atoms with Crippen LogP contribution in [0.5, 0.6) is 5.75 Å². The molecule has 0 spiro atoms. The van der Waals surface area contributed by atoms with Crippen molar-refractivity contribution in [3.05, 3.63) is 102 Å². The molecule has 0 bridgehead atoms. The van der Waals surface area contributed by atoms with Gasteiger partial charge in [-0.25, -0.2) is 19.3 Å². The van der Waals surface area contributed by atoms with E-state index >= 15 is 0 Å². The Kier molecular flexibility index (Phi) is 8.29. The Balaban J connectivity index is 1.35. The Morgan fingerprint density at radius 2 is 1.63 bits per heavy atom. The summed E-state index contributed by atoms with van der Waals surface area (Å²) >= 11 is 0. The van der Waals surface area contributed by atoms with Gasteiger partial charge in [-0.15, -0.1) is 0 Å². The summed E-state index contributed by atoms with van der Waals surface area (Å²) in [6.07, 6.45) is 0.987. The SMILES string of the molecule is COC(=O)Nc1cc(COc2ccc(NC(=O)Nc3cc(C(C)(C)C)nn3-c3ccc(C)cc3)c3ccccc23)ccn1. The first-order chi connectivity index (χ1) is 20.6. The zero-order valence-electron chi connectivity index (χ0n) is 24.8. The van der Waals surface area contributed by atoms with Gasteiger partial charge in [-0.05, 0) is 48.9 Å². The number of aromatic nitrogens is 3. The summed E-state index contributed by atoms with van der Waals surface area (Å²) in [4.78, 5) is 28.9. The lowest BCUT2D eigenvalue weighted by Gasteiger charge is -2.15. The third-order valence-corrected chi connectivity index (χ3v) is 6.76. The first-order valence-corrected chi connectivity index (χ1v) is 13.8.